The lowest BCUT2D eigenvalue weighted by molar-refractivity contribution is -0.158. The second-order valence-corrected chi connectivity index (χ2v) is 6.95. The molecule has 1 saturated heterocycles. The number of carbonyl (C=O) groups is 2. The van der Waals surface area contributed by atoms with E-state index in [1.54, 1.807) is 4.90 Å². The van der Waals surface area contributed by atoms with Gasteiger partial charge in [-0.2, -0.15) is 0 Å². The van der Waals surface area contributed by atoms with Crippen LogP contribution in [0.2, 0.25) is 0 Å². The summed E-state index contributed by atoms with van der Waals surface area (Å²) in [6.45, 7) is 1.24. The zero-order valence-electron chi connectivity index (χ0n) is 14.7. The smallest absolute Gasteiger partial charge is 0.309 e. The normalized spacial score (nSPS) is 19.4. The lowest BCUT2D eigenvalue weighted by Gasteiger charge is -2.32. The molecule has 0 unspecified atom stereocenters. The average Bonchev–Trinajstić information content (AvgIpc) is 2.68. The van der Waals surface area contributed by atoms with Crippen molar-refractivity contribution in [3.05, 3.63) is 30.3 Å². The number of esters is 1. The van der Waals surface area contributed by atoms with E-state index in [0.29, 0.717) is 31.7 Å². The minimum Gasteiger partial charge on any atom is -0.484 e. The first-order valence-electron chi connectivity index (χ1n) is 9.38. The number of piperidine rings is 1. The van der Waals surface area contributed by atoms with Crippen molar-refractivity contribution in [2.24, 2.45) is 5.92 Å². The number of ether oxygens (including phenoxy) is 2. The lowest BCUT2D eigenvalue weighted by atomic mass is 9.95. The standard InChI is InChI=1S/C20H27NO4/c22-19(15-24-17-7-3-1-4-8-17)21-13-11-16(12-14-21)20(23)25-18-9-5-2-6-10-18/h1,3-4,7-8,16,18H,2,5-6,9-15H2. The predicted molar refractivity (Wildman–Crippen MR) is 94.2 cm³/mol. The molecule has 3 rings (SSSR count). The van der Waals surface area contributed by atoms with Gasteiger partial charge in [-0.3, -0.25) is 9.59 Å². The predicted octanol–water partition coefficient (Wildman–Crippen LogP) is 3.18. The third-order valence-electron chi connectivity index (χ3n) is 5.12. The highest BCUT2D eigenvalue weighted by molar-refractivity contribution is 5.78. The number of nitrogens with zero attached hydrogens (tertiary/aromatic N) is 1. The molecule has 5 nitrogen and oxygen atoms in total. The van der Waals surface area contributed by atoms with Crippen LogP contribution in [-0.2, 0) is 14.3 Å². The average molecular weight is 345 g/mol. The summed E-state index contributed by atoms with van der Waals surface area (Å²) in [5.74, 6) is 0.533. The summed E-state index contributed by atoms with van der Waals surface area (Å²) < 4.78 is 11.2. The molecule has 0 N–H and O–H groups in total. The summed E-state index contributed by atoms with van der Waals surface area (Å²) in [4.78, 5) is 26.3. The van der Waals surface area contributed by atoms with E-state index in [2.05, 4.69) is 0 Å². The molecule has 0 bridgehead atoms. The third-order valence-corrected chi connectivity index (χ3v) is 5.12. The molecule has 0 aromatic heterocycles. The van der Waals surface area contributed by atoms with E-state index >= 15 is 0 Å². The van der Waals surface area contributed by atoms with Crippen LogP contribution in [0.4, 0.5) is 0 Å². The van der Waals surface area contributed by atoms with E-state index in [-0.39, 0.29) is 30.5 Å². The summed E-state index contributed by atoms with van der Waals surface area (Å²) in [7, 11) is 0. The Morgan fingerprint density at radius 2 is 1.64 bits per heavy atom. The third kappa shape index (κ3) is 5.21. The van der Waals surface area contributed by atoms with Crippen molar-refractivity contribution in [3.8, 4) is 5.75 Å². The zero-order chi connectivity index (χ0) is 17.5. The Bertz CT molecular complexity index is 560. The first-order valence-corrected chi connectivity index (χ1v) is 9.38. The minimum atomic E-state index is -0.0699. The molecule has 0 spiro atoms. The van der Waals surface area contributed by atoms with Gasteiger partial charge in [-0.15, -0.1) is 0 Å². The highest BCUT2D eigenvalue weighted by atomic mass is 16.5. The minimum absolute atomic E-state index is 0.0250. The Labute approximate surface area is 149 Å². The number of rotatable bonds is 5. The van der Waals surface area contributed by atoms with Gasteiger partial charge in [0.1, 0.15) is 11.9 Å². The van der Waals surface area contributed by atoms with Crippen molar-refractivity contribution in [2.75, 3.05) is 19.7 Å². The van der Waals surface area contributed by atoms with Crippen LogP contribution in [0.5, 0.6) is 5.75 Å². The number of carbonyl (C=O) groups excluding carboxylic acids is 2. The molecule has 2 fully saturated rings. The van der Waals surface area contributed by atoms with Gasteiger partial charge in [0.25, 0.3) is 5.91 Å². The van der Waals surface area contributed by atoms with E-state index in [1.165, 1.54) is 6.42 Å². The van der Waals surface area contributed by atoms with Gasteiger partial charge in [0.2, 0.25) is 0 Å². The molecule has 1 saturated carbocycles. The van der Waals surface area contributed by atoms with Gasteiger partial charge >= 0.3 is 5.97 Å². The van der Waals surface area contributed by atoms with Gasteiger partial charge in [0.05, 0.1) is 5.92 Å². The van der Waals surface area contributed by atoms with Crippen LogP contribution in [-0.4, -0.2) is 42.6 Å². The van der Waals surface area contributed by atoms with Gasteiger partial charge in [0, 0.05) is 13.1 Å². The van der Waals surface area contributed by atoms with E-state index in [1.807, 2.05) is 30.3 Å². The molecule has 1 aromatic rings. The molecule has 2 aliphatic rings. The van der Waals surface area contributed by atoms with E-state index in [9.17, 15) is 9.59 Å². The largest absolute Gasteiger partial charge is 0.484 e. The highest BCUT2D eigenvalue weighted by Gasteiger charge is 2.30. The fraction of sp³-hybridized carbons (Fsp3) is 0.600. The number of likely N-dealkylation sites (tertiary alicyclic amines) is 1. The SMILES string of the molecule is O=C(OC1CCCCC1)C1CCN(C(=O)COc2ccccc2)CC1. The number of hydrogen-bond acceptors (Lipinski definition) is 4. The van der Waals surface area contributed by atoms with Crippen LogP contribution in [0.15, 0.2) is 30.3 Å². The molecular formula is C20H27NO4. The molecule has 1 heterocycles. The second-order valence-electron chi connectivity index (χ2n) is 6.95. The molecule has 0 radical (unpaired) electrons. The molecule has 1 aliphatic carbocycles. The van der Waals surface area contributed by atoms with Crippen molar-refractivity contribution < 1.29 is 19.1 Å². The lowest BCUT2D eigenvalue weighted by Crippen LogP contribution is -2.43. The first kappa shape index (κ1) is 17.8. The fourth-order valence-corrected chi connectivity index (χ4v) is 3.56. The summed E-state index contributed by atoms with van der Waals surface area (Å²) in [5.41, 5.74) is 0. The maximum Gasteiger partial charge on any atom is 0.309 e. The number of amides is 1. The fourth-order valence-electron chi connectivity index (χ4n) is 3.56. The van der Waals surface area contributed by atoms with Crippen LogP contribution in [0, 0.1) is 5.92 Å². The van der Waals surface area contributed by atoms with Crippen LogP contribution < -0.4 is 4.74 Å². The van der Waals surface area contributed by atoms with Crippen molar-refractivity contribution in [1.82, 2.24) is 4.90 Å². The summed E-state index contributed by atoms with van der Waals surface area (Å²) in [6.07, 6.45) is 7.05. The Hall–Kier alpha value is -2.04. The monoisotopic (exact) mass is 345 g/mol. The van der Waals surface area contributed by atoms with Crippen molar-refractivity contribution in [2.45, 2.75) is 51.0 Å². The maximum atomic E-state index is 12.3. The van der Waals surface area contributed by atoms with Crippen molar-refractivity contribution in [1.29, 1.82) is 0 Å². The molecule has 0 atom stereocenters. The van der Waals surface area contributed by atoms with E-state index < -0.39 is 0 Å². The zero-order valence-corrected chi connectivity index (χ0v) is 14.7. The van der Waals surface area contributed by atoms with Crippen molar-refractivity contribution in [3.63, 3.8) is 0 Å². The van der Waals surface area contributed by atoms with E-state index in [4.69, 9.17) is 9.47 Å². The number of benzene rings is 1. The van der Waals surface area contributed by atoms with Gasteiger partial charge in [-0.05, 0) is 50.7 Å². The molecule has 1 amide bonds. The van der Waals surface area contributed by atoms with E-state index in [0.717, 1.165) is 25.7 Å². The van der Waals surface area contributed by atoms with Crippen LogP contribution in [0.25, 0.3) is 0 Å². The summed E-state index contributed by atoms with van der Waals surface area (Å²) >= 11 is 0. The quantitative estimate of drug-likeness (QED) is 0.769. The highest BCUT2D eigenvalue weighted by Crippen LogP contribution is 2.24. The van der Waals surface area contributed by atoms with Gasteiger partial charge in [-0.1, -0.05) is 24.6 Å². The van der Waals surface area contributed by atoms with Gasteiger partial charge < -0.3 is 14.4 Å². The Morgan fingerprint density at radius 1 is 0.960 bits per heavy atom. The summed E-state index contributed by atoms with van der Waals surface area (Å²) in [5, 5.41) is 0. The van der Waals surface area contributed by atoms with Crippen LogP contribution in [0.1, 0.15) is 44.9 Å². The molecule has 1 aromatic carbocycles. The Morgan fingerprint density at radius 3 is 2.32 bits per heavy atom. The van der Waals surface area contributed by atoms with Gasteiger partial charge in [-0.25, -0.2) is 0 Å². The number of hydrogen-bond donors (Lipinski definition) is 0. The second kappa shape index (κ2) is 8.88. The van der Waals surface area contributed by atoms with Crippen LogP contribution in [0.3, 0.4) is 0 Å². The van der Waals surface area contributed by atoms with Crippen molar-refractivity contribution >= 4 is 11.9 Å². The Balaban J connectivity index is 1.38. The molecule has 25 heavy (non-hydrogen) atoms. The number of para-hydroxylation sites is 1. The van der Waals surface area contributed by atoms with Crippen LogP contribution >= 0.6 is 0 Å². The maximum absolute atomic E-state index is 12.3. The molecular weight excluding hydrogens is 318 g/mol. The molecule has 5 heteroatoms. The summed E-state index contributed by atoms with van der Waals surface area (Å²) in [6, 6.07) is 9.33. The van der Waals surface area contributed by atoms with Gasteiger partial charge in [0.15, 0.2) is 6.61 Å². The topological polar surface area (TPSA) is 55.8 Å². The Kier molecular flexibility index (Phi) is 6.31. The molecule has 1 aliphatic heterocycles. The molecule has 136 valence electrons. The first-order chi connectivity index (χ1) is 12.2.